The number of para-hydroxylation sites is 2. The fourth-order valence-electron chi connectivity index (χ4n) is 2.78. The Morgan fingerprint density at radius 3 is 2.72 bits per heavy atom. The Bertz CT molecular complexity index is 895. The molecule has 0 radical (unpaired) electrons. The molecule has 0 fully saturated rings. The van der Waals surface area contributed by atoms with Crippen molar-refractivity contribution in [1.82, 2.24) is 5.32 Å². The molecule has 1 amide bonds. The second kappa shape index (κ2) is 6.76. The van der Waals surface area contributed by atoms with E-state index >= 15 is 0 Å². The van der Waals surface area contributed by atoms with E-state index in [0.717, 1.165) is 17.4 Å². The molecule has 2 aromatic carbocycles. The van der Waals surface area contributed by atoms with Gasteiger partial charge in [-0.1, -0.05) is 42.0 Å². The third kappa shape index (κ3) is 3.93. The van der Waals surface area contributed by atoms with Gasteiger partial charge in [0, 0.05) is 6.54 Å². The first kappa shape index (κ1) is 17.3. The summed E-state index contributed by atoms with van der Waals surface area (Å²) in [4.78, 5) is 12.5. The molecule has 0 saturated carbocycles. The first-order chi connectivity index (χ1) is 11.8. The summed E-state index contributed by atoms with van der Waals surface area (Å²) in [7, 11) is -3.51. The molecule has 7 heteroatoms. The minimum atomic E-state index is -3.51. The number of fused-ring (bicyclic) bond motifs is 1. The van der Waals surface area contributed by atoms with E-state index in [1.165, 1.54) is 4.31 Å². The predicted octanol–water partition coefficient (Wildman–Crippen LogP) is 1.84. The van der Waals surface area contributed by atoms with Crippen molar-refractivity contribution in [2.75, 3.05) is 17.1 Å². The highest BCUT2D eigenvalue weighted by atomic mass is 32.2. The highest BCUT2D eigenvalue weighted by molar-refractivity contribution is 7.92. The number of nitrogens with one attached hydrogen (secondary N) is 1. The zero-order valence-electron chi connectivity index (χ0n) is 14.1. The van der Waals surface area contributed by atoms with E-state index in [9.17, 15) is 13.2 Å². The van der Waals surface area contributed by atoms with Crippen LogP contribution in [0.15, 0.2) is 48.5 Å². The summed E-state index contributed by atoms with van der Waals surface area (Å²) in [6, 6.07) is 14.6. The maximum absolute atomic E-state index is 12.5. The summed E-state index contributed by atoms with van der Waals surface area (Å²) in [5.41, 5.74) is 2.54. The van der Waals surface area contributed by atoms with E-state index in [1.807, 2.05) is 31.2 Å². The van der Waals surface area contributed by atoms with Gasteiger partial charge < -0.3 is 10.1 Å². The SMILES string of the molecule is Cc1cccc(CNC(=O)[C@@H]2CN(S(C)(=O)=O)c3ccccc3O2)c1. The van der Waals surface area contributed by atoms with Gasteiger partial charge in [-0.2, -0.15) is 0 Å². The highest BCUT2D eigenvalue weighted by Crippen LogP contribution is 2.34. The van der Waals surface area contributed by atoms with Crippen LogP contribution in [0.3, 0.4) is 0 Å². The molecule has 1 heterocycles. The summed E-state index contributed by atoms with van der Waals surface area (Å²) in [5.74, 6) is 0.0412. The van der Waals surface area contributed by atoms with Gasteiger partial charge in [0.1, 0.15) is 5.75 Å². The topological polar surface area (TPSA) is 75.7 Å². The minimum Gasteiger partial charge on any atom is -0.476 e. The third-order valence-corrected chi connectivity index (χ3v) is 5.12. The number of amides is 1. The lowest BCUT2D eigenvalue weighted by molar-refractivity contribution is -0.127. The molecule has 25 heavy (non-hydrogen) atoms. The Morgan fingerprint density at radius 1 is 1.24 bits per heavy atom. The number of anilines is 1. The molecule has 0 unspecified atom stereocenters. The maximum Gasteiger partial charge on any atom is 0.263 e. The quantitative estimate of drug-likeness (QED) is 0.903. The average Bonchev–Trinajstić information content (AvgIpc) is 2.58. The number of nitrogens with zero attached hydrogens (tertiary/aromatic N) is 1. The van der Waals surface area contributed by atoms with E-state index in [1.54, 1.807) is 24.3 Å². The van der Waals surface area contributed by atoms with Crippen molar-refractivity contribution in [3.05, 3.63) is 59.7 Å². The van der Waals surface area contributed by atoms with Crippen molar-refractivity contribution in [3.63, 3.8) is 0 Å². The molecule has 3 rings (SSSR count). The van der Waals surface area contributed by atoms with Crippen molar-refractivity contribution in [3.8, 4) is 5.75 Å². The Kier molecular flexibility index (Phi) is 4.67. The molecule has 1 aliphatic rings. The highest BCUT2D eigenvalue weighted by Gasteiger charge is 2.34. The molecule has 2 aromatic rings. The minimum absolute atomic E-state index is 0.0461. The normalized spacial score (nSPS) is 16.7. The van der Waals surface area contributed by atoms with Crippen LogP contribution in [-0.4, -0.2) is 33.2 Å². The monoisotopic (exact) mass is 360 g/mol. The van der Waals surface area contributed by atoms with Crippen LogP contribution in [0.1, 0.15) is 11.1 Å². The zero-order chi connectivity index (χ0) is 18.0. The smallest absolute Gasteiger partial charge is 0.263 e. The van der Waals surface area contributed by atoms with Crippen LogP contribution in [0.25, 0.3) is 0 Å². The molecule has 6 nitrogen and oxygen atoms in total. The number of hydrogen-bond donors (Lipinski definition) is 1. The zero-order valence-corrected chi connectivity index (χ0v) is 14.9. The number of benzene rings is 2. The summed E-state index contributed by atoms with van der Waals surface area (Å²) in [6.07, 6.45) is 0.228. The predicted molar refractivity (Wildman–Crippen MR) is 96.1 cm³/mol. The summed E-state index contributed by atoms with van der Waals surface area (Å²) < 4.78 is 31.1. The first-order valence-electron chi connectivity index (χ1n) is 7.91. The Labute approximate surface area is 147 Å². The van der Waals surface area contributed by atoms with Crippen molar-refractivity contribution in [2.24, 2.45) is 0 Å². The molecule has 0 bridgehead atoms. The van der Waals surface area contributed by atoms with Gasteiger partial charge in [0.2, 0.25) is 10.0 Å². The van der Waals surface area contributed by atoms with Crippen LogP contribution >= 0.6 is 0 Å². The average molecular weight is 360 g/mol. The first-order valence-corrected chi connectivity index (χ1v) is 9.76. The molecular weight excluding hydrogens is 340 g/mol. The lowest BCUT2D eigenvalue weighted by Crippen LogP contribution is -2.50. The van der Waals surface area contributed by atoms with Gasteiger partial charge >= 0.3 is 0 Å². The molecule has 0 aromatic heterocycles. The van der Waals surface area contributed by atoms with Crippen LogP contribution in [-0.2, 0) is 21.4 Å². The van der Waals surface area contributed by atoms with Gasteiger partial charge in [-0.3, -0.25) is 9.10 Å². The van der Waals surface area contributed by atoms with Crippen LogP contribution in [0.4, 0.5) is 5.69 Å². The summed E-state index contributed by atoms with van der Waals surface area (Å²) in [5, 5.41) is 2.81. The van der Waals surface area contributed by atoms with Gasteiger partial charge in [0.15, 0.2) is 6.10 Å². The van der Waals surface area contributed by atoms with Gasteiger partial charge in [0.25, 0.3) is 5.91 Å². The molecule has 0 spiro atoms. The van der Waals surface area contributed by atoms with Crippen LogP contribution < -0.4 is 14.4 Å². The van der Waals surface area contributed by atoms with Crippen LogP contribution in [0, 0.1) is 6.92 Å². The Balaban J connectivity index is 1.76. The second-order valence-corrected chi connectivity index (χ2v) is 7.98. The van der Waals surface area contributed by atoms with Gasteiger partial charge in [-0.05, 0) is 24.6 Å². The van der Waals surface area contributed by atoms with E-state index < -0.39 is 16.1 Å². The van der Waals surface area contributed by atoms with Crippen molar-refractivity contribution in [2.45, 2.75) is 19.6 Å². The fraction of sp³-hybridized carbons (Fsp3) is 0.278. The van der Waals surface area contributed by atoms with Gasteiger partial charge in [-0.15, -0.1) is 0 Å². The number of ether oxygens (including phenoxy) is 1. The molecule has 0 saturated heterocycles. The molecule has 1 aliphatic heterocycles. The van der Waals surface area contributed by atoms with Crippen molar-refractivity contribution in [1.29, 1.82) is 0 Å². The maximum atomic E-state index is 12.5. The number of sulfonamides is 1. The van der Waals surface area contributed by atoms with E-state index in [0.29, 0.717) is 18.0 Å². The van der Waals surface area contributed by atoms with E-state index in [4.69, 9.17) is 4.74 Å². The number of hydrogen-bond acceptors (Lipinski definition) is 4. The second-order valence-electron chi connectivity index (χ2n) is 6.08. The molecule has 132 valence electrons. The molecule has 1 N–H and O–H groups in total. The fourth-order valence-corrected chi connectivity index (χ4v) is 3.69. The van der Waals surface area contributed by atoms with E-state index in [2.05, 4.69) is 5.32 Å². The van der Waals surface area contributed by atoms with E-state index in [-0.39, 0.29) is 12.5 Å². The summed E-state index contributed by atoms with van der Waals surface area (Å²) >= 11 is 0. The lowest BCUT2D eigenvalue weighted by atomic mass is 10.1. The number of carbonyl (C=O) groups is 1. The van der Waals surface area contributed by atoms with Crippen LogP contribution in [0.5, 0.6) is 5.75 Å². The number of aryl methyl sites for hydroxylation is 1. The summed E-state index contributed by atoms with van der Waals surface area (Å²) in [6.45, 7) is 2.30. The lowest BCUT2D eigenvalue weighted by Gasteiger charge is -2.33. The standard InChI is InChI=1S/C18H20N2O4S/c1-13-6-5-7-14(10-13)11-19-18(21)17-12-20(25(2,22)23)15-8-3-4-9-16(15)24-17/h3-10,17H,11-12H2,1-2H3,(H,19,21)/t17-/m0/s1. The molecule has 1 atom stereocenters. The van der Waals surface area contributed by atoms with Crippen LogP contribution in [0.2, 0.25) is 0 Å². The number of rotatable bonds is 4. The Hall–Kier alpha value is -2.54. The molecular formula is C18H20N2O4S. The molecule has 0 aliphatic carbocycles. The third-order valence-electron chi connectivity index (χ3n) is 3.98. The largest absolute Gasteiger partial charge is 0.476 e. The van der Waals surface area contributed by atoms with Crippen molar-refractivity contribution < 1.29 is 17.9 Å². The Morgan fingerprint density at radius 2 is 2.00 bits per heavy atom. The van der Waals surface area contributed by atoms with Gasteiger partial charge in [-0.25, -0.2) is 8.42 Å². The van der Waals surface area contributed by atoms with Gasteiger partial charge in [0.05, 0.1) is 18.5 Å². The number of carbonyl (C=O) groups excluding carboxylic acids is 1. The van der Waals surface area contributed by atoms with Crippen molar-refractivity contribution >= 4 is 21.6 Å².